The number of hydrogen-bond acceptors (Lipinski definition) is 0. The van der Waals surface area contributed by atoms with E-state index in [1.807, 2.05) is 6.08 Å². The second-order valence-electron chi connectivity index (χ2n) is 3.04. The Kier molecular flexibility index (Phi) is 19.5. The second kappa shape index (κ2) is 16.1. The molecule has 0 atom stereocenters. The van der Waals surface area contributed by atoms with Crippen LogP contribution in [0.2, 0.25) is 0 Å². The molecule has 0 rings (SSSR count). The van der Waals surface area contributed by atoms with E-state index < -0.39 is 0 Å². The van der Waals surface area contributed by atoms with Crippen molar-refractivity contribution in [2.45, 2.75) is 44.4 Å². The van der Waals surface area contributed by atoms with Gasteiger partial charge in [-0.2, -0.15) is 0 Å². The van der Waals surface area contributed by atoms with Crippen LogP contribution in [0.4, 0.5) is 0 Å². The third kappa shape index (κ3) is 18.4. The van der Waals surface area contributed by atoms with Crippen LogP contribution in [0, 0.1) is 0 Å². The SMILES string of the molecule is C=CCCCCCC.ClCC(Cl)CCl. The molecule has 0 aromatic carbocycles. The number of allylic oxidation sites excluding steroid dienone is 1. The van der Waals surface area contributed by atoms with Crippen molar-refractivity contribution < 1.29 is 0 Å². The number of unbranched alkanes of at least 4 members (excludes halogenated alkanes) is 4. The Labute approximate surface area is 104 Å². The highest BCUT2D eigenvalue weighted by Crippen LogP contribution is 2.01. The Morgan fingerprint density at radius 3 is 2.00 bits per heavy atom. The second-order valence-corrected chi connectivity index (χ2v) is 4.28. The van der Waals surface area contributed by atoms with Gasteiger partial charge in [-0.25, -0.2) is 0 Å². The summed E-state index contributed by atoms with van der Waals surface area (Å²) < 4.78 is 0. The van der Waals surface area contributed by atoms with E-state index in [1.54, 1.807) is 0 Å². The molecule has 0 spiro atoms. The molecule has 0 aliphatic carbocycles. The van der Waals surface area contributed by atoms with Crippen LogP contribution in [0.1, 0.15) is 39.0 Å². The molecule has 3 heteroatoms. The summed E-state index contributed by atoms with van der Waals surface area (Å²) in [5.74, 6) is 0.871. The molecular weight excluding hydrogens is 238 g/mol. The maximum Gasteiger partial charge on any atom is 0.0606 e. The fraction of sp³-hybridized carbons (Fsp3) is 0.818. The van der Waals surface area contributed by atoms with Gasteiger partial charge in [-0.15, -0.1) is 41.4 Å². The quantitative estimate of drug-likeness (QED) is 0.334. The van der Waals surface area contributed by atoms with Gasteiger partial charge in [0.05, 0.1) is 5.38 Å². The minimum Gasteiger partial charge on any atom is -0.125 e. The third-order valence-electron chi connectivity index (χ3n) is 1.60. The Balaban J connectivity index is 0. The molecule has 0 amide bonds. The van der Waals surface area contributed by atoms with Gasteiger partial charge in [0.1, 0.15) is 0 Å². The first-order valence-electron chi connectivity index (χ1n) is 5.09. The van der Waals surface area contributed by atoms with Crippen molar-refractivity contribution in [2.75, 3.05) is 11.8 Å². The van der Waals surface area contributed by atoms with Crippen molar-refractivity contribution in [2.24, 2.45) is 0 Å². The summed E-state index contributed by atoms with van der Waals surface area (Å²) in [6.45, 7) is 5.89. The van der Waals surface area contributed by atoms with Gasteiger partial charge < -0.3 is 0 Å². The number of rotatable bonds is 7. The summed E-state index contributed by atoms with van der Waals surface area (Å²) in [5.41, 5.74) is 0. The smallest absolute Gasteiger partial charge is 0.0606 e. The molecule has 0 aliphatic rings. The molecule has 0 aliphatic heterocycles. The Hall–Kier alpha value is 0.610. The van der Waals surface area contributed by atoms with Gasteiger partial charge in [0, 0.05) is 11.8 Å². The van der Waals surface area contributed by atoms with E-state index in [1.165, 1.54) is 32.1 Å². The van der Waals surface area contributed by atoms with Crippen LogP contribution in [0.5, 0.6) is 0 Å². The van der Waals surface area contributed by atoms with Crippen molar-refractivity contribution in [3.8, 4) is 0 Å². The minimum atomic E-state index is -0.0617. The molecule has 0 aromatic rings. The highest BCUT2D eigenvalue weighted by Gasteiger charge is 1.95. The summed E-state index contributed by atoms with van der Waals surface area (Å²) in [6, 6.07) is 0. The van der Waals surface area contributed by atoms with Crippen LogP contribution in [0.25, 0.3) is 0 Å². The van der Waals surface area contributed by atoms with Crippen LogP contribution < -0.4 is 0 Å². The number of halogens is 3. The highest BCUT2D eigenvalue weighted by atomic mass is 35.5. The fourth-order valence-corrected chi connectivity index (χ4v) is 1.09. The minimum absolute atomic E-state index is 0.0617. The molecule has 14 heavy (non-hydrogen) atoms. The molecule has 0 bridgehead atoms. The maximum absolute atomic E-state index is 5.39. The molecule has 86 valence electrons. The fourth-order valence-electron chi connectivity index (χ4n) is 0.757. The van der Waals surface area contributed by atoms with Crippen LogP contribution in [0.15, 0.2) is 12.7 Å². The molecule has 0 aromatic heterocycles. The van der Waals surface area contributed by atoms with E-state index in [0.717, 1.165) is 0 Å². The largest absolute Gasteiger partial charge is 0.125 e. The molecule has 0 radical (unpaired) electrons. The first-order chi connectivity index (χ1) is 6.72. The summed E-state index contributed by atoms with van der Waals surface area (Å²) in [7, 11) is 0. The first kappa shape index (κ1) is 17.0. The molecule has 0 nitrogen and oxygen atoms in total. The predicted molar refractivity (Wildman–Crippen MR) is 70.0 cm³/mol. The molecule has 0 fully saturated rings. The van der Waals surface area contributed by atoms with E-state index in [9.17, 15) is 0 Å². The van der Waals surface area contributed by atoms with E-state index >= 15 is 0 Å². The van der Waals surface area contributed by atoms with Gasteiger partial charge >= 0.3 is 0 Å². The number of alkyl halides is 3. The van der Waals surface area contributed by atoms with Crippen LogP contribution in [-0.4, -0.2) is 17.1 Å². The molecule has 0 unspecified atom stereocenters. The summed E-state index contributed by atoms with van der Waals surface area (Å²) in [5, 5.41) is -0.0617. The van der Waals surface area contributed by atoms with Gasteiger partial charge in [0.15, 0.2) is 0 Å². The van der Waals surface area contributed by atoms with E-state index in [4.69, 9.17) is 34.8 Å². The molecule has 0 saturated heterocycles. The predicted octanol–water partition coefficient (Wildman–Crippen LogP) is 5.21. The highest BCUT2D eigenvalue weighted by molar-refractivity contribution is 6.32. The van der Waals surface area contributed by atoms with Crippen LogP contribution >= 0.6 is 34.8 Å². The molecule has 0 N–H and O–H groups in total. The number of hydrogen-bond donors (Lipinski definition) is 0. The molecule has 0 heterocycles. The van der Waals surface area contributed by atoms with E-state index in [-0.39, 0.29) is 5.38 Å². The van der Waals surface area contributed by atoms with Crippen LogP contribution in [-0.2, 0) is 0 Å². The average Bonchev–Trinajstić information content (AvgIpc) is 2.24. The molecule has 0 saturated carbocycles. The first-order valence-corrected chi connectivity index (χ1v) is 6.60. The lowest BCUT2D eigenvalue weighted by Crippen LogP contribution is -1.99. The van der Waals surface area contributed by atoms with Gasteiger partial charge in [-0.1, -0.05) is 32.3 Å². The molecular formula is C11H21Cl3. The van der Waals surface area contributed by atoms with Gasteiger partial charge in [0.2, 0.25) is 0 Å². The summed E-state index contributed by atoms with van der Waals surface area (Å²) in [4.78, 5) is 0. The summed E-state index contributed by atoms with van der Waals surface area (Å²) >= 11 is 15.9. The Morgan fingerprint density at radius 2 is 1.71 bits per heavy atom. The monoisotopic (exact) mass is 258 g/mol. The average molecular weight is 260 g/mol. The van der Waals surface area contributed by atoms with Gasteiger partial charge in [-0.3, -0.25) is 0 Å². The van der Waals surface area contributed by atoms with Crippen molar-refractivity contribution >= 4 is 34.8 Å². The van der Waals surface area contributed by atoms with Crippen molar-refractivity contribution in [1.82, 2.24) is 0 Å². The zero-order chi connectivity index (χ0) is 11.2. The van der Waals surface area contributed by atoms with Crippen LogP contribution in [0.3, 0.4) is 0 Å². The zero-order valence-electron chi connectivity index (χ0n) is 8.95. The third-order valence-corrected chi connectivity index (χ3v) is 2.97. The van der Waals surface area contributed by atoms with E-state index in [0.29, 0.717) is 11.8 Å². The Bertz CT molecular complexity index is 101. The standard InChI is InChI=1S/C8H16.C3H5Cl3/c1-3-5-7-8-6-4-2;4-1-3(6)2-5/h3H,1,4-8H2,2H3;3H,1-2H2. The lowest BCUT2D eigenvalue weighted by molar-refractivity contribution is 0.675. The lowest BCUT2D eigenvalue weighted by atomic mass is 10.2. The topological polar surface area (TPSA) is 0 Å². The van der Waals surface area contributed by atoms with Gasteiger partial charge in [-0.05, 0) is 12.8 Å². The van der Waals surface area contributed by atoms with Gasteiger partial charge in [0.25, 0.3) is 0 Å². The Morgan fingerprint density at radius 1 is 1.14 bits per heavy atom. The van der Waals surface area contributed by atoms with Crippen molar-refractivity contribution in [3.05, 3.63) is 12.7 Å². The lowest BCUT2D eigenvalue weighted by Gasteiger charge is -1.92. The maximum atomic E-state index is 5.39. The van der Waals surface area contributed by atoms with E-state index in [2.05, 4.69) is 13.5 Å². The van der Waals surface area contributed by atoms with Crippen molar-refractivity contribution in [1.29, 1.82) is 0 Å². The normalized spacial score (nSPS) is 9.50. The van der Waals surface area contributed by atoms with Crippen molar-refractivity contribution in [3.63, 3.8) is 0 Å². The zero-order valence-corrected chi connectivity index (χ0v) is 11.2. The summed E-state index contributed by atoms with van der Waals surface area (Å²) in [6.07, 6.45) is 8.61.